The van der Waals surface area contributed by atoms with Crippen LogP contribution in [-0.2, 0) is 4.79 Å². The fourth-order valence-corrected chi connectivity index (χ4v) is 6.84. The van der Waals surface area contributed by atoms with Gasteiger partial charge in [0.1, 0.15) is 12.6 Å². The quantitative estimate of drug-likeness (QED) is 0.763. The second kappa shape index (κ2) is 5.19. The van der Waals surface area contributed by atoms with Crippen molar-refractivity contribution in [1.82, 2.24) is 5.32 Å². The molecule has 23 heavy (non-hydrogen) atoms. The van der Waals surface area contributed by atoms with Gasteiger partial charge in [-0.25, -0.2) is 0 Å². The molecule has 4 heteroatoms. The molecule has 0 aromatic carbocycles. The number of carbonyl (C=O) groups excluding carboxylic acids is 1. The molecule has 3 atom stereocenters. The van der Waals surface area contributed by atoms with Crippen LogP contribution in [0.3, 0.4) is 0 Å². The van der Waals surface area contributed by atoms with Crippen molar-refractivity contribution in [1.29, 1.82) is 0 Å². The van der Waals surface area contributed by atoms with E-state index in [4.69, 9.17) is 0 Å². The van der Waals surface area contributed by atoms with Crippen LogP contribution in [0.15, 0.2) is 0 Å². The Hall–Kier alpha value is -0.610. The highest BCUT2D eigenvalue weighted by atomic mass is 16.3. The van der Waals surface area contributed by atoms with E-state index in [2.05, 4.69) is 19.2 Å². The molecule has 132 valence electrons. The Morgan fingerprint density at radius 2 is 1.70 bits per heavy atom. The van der Waals surface area contributed by atoms with E-state index in [1.54, 1.807) is 0 Å². The molecule has 4 rings (SSSR count). The van der Waals surface area contributed by atoms with E-state index in [0.717, 1.165) is 25.2 Å². The van der Waals surface area contributed by atoms with E-state index in [1.165, 1.54) is 19.3 Å². The van der Waals surface area contributed by atoms with Crippen LogP contribution in [0.5, 0.6) is 0 Å². The summed E-state index contributed by atoms with van der Waals surface area (Å²) < 4.78 is 0.678. The lowest BCUT2D eigenvalue weighted by Gasteiger charge is -2.65. The Morgan fingerprint density at radius 1 is 1.13 bits per heavy atom. The van der Waals surface area contributed by atoms with Crippen molar-refractivity contribution in [2.75, 3.05) is 27.7 Å². The molecule has 4 bridgehead atoms. The average molecular weight is 324 g/mol. The minimum absolute atomic E-state index is 0.00366. The lowest BCUT2D eigenvalue weighted by molar-refractivity contribution is -0.873. The van der Waals surface area contributed by atoms with Gasteiger partial charge in [-0.1, -0.05) is 13.8 Å². The third-order valence-corrected chi connectivity index (χ3v) is 6.21. The summed E-state index contributed by atoms with van der Waals surface area (Å²) in [4.78, 5) is 12.6. The number of likely N-dealkylation sites (N-methyl/N-ethyl adjacent to an activating group) is 1. The van der Waals surface area contributed by atoms with Crippen molar-refractivity contribution in [2.45, 2.75) is 70.4 Å². The predicted molar refractivity (Wildman–Crippen MR) is 91.8 cm³/mol. The van der Waals surface area contributed by atoms with Gasteiger partial charge in [-0.15, -0.1) is 0 Å². The topological polar surface area (TPSA) is 49.3 Å². The lowest BCUT2D eigenvalue weighted by atomic mass is 9.43. The zero-order valence-electron chi connectivity index (χ0n) is 15.6. The van der Waals surface area contributed by atoms with Gasteiger partial charge in [-0.2, -0.15) is 0 Å². The highest BCUT2D eigenvalue weighted by Gasteiger charge is 2.60. The largest absolute Gasteiger partial charge is 0.387 e. The van der Waals surface area contributed by atoms with Gasteiger partial charge in [-0.3, -0.25) is 4.79 Å². The summed E-state index contributed by atoms with van der Waals surface area (Å²) in [5, 5.41) is 13.6. The van der Waals surface area contributed by atoms with Crippen LogP contribution in [0.25, 0.3) is 0 Å². The van der Waals surface area contributed by atoms with Gasteiger partial charge in [0.25, 0.3) is 0 Å². The second-order valence-corrected chi connectivity index (χ2v) is 10.8. The SMILES string of the molecule is CC12CC3CC(C)(C1)CC(NC(=O)C[C@@H](O)C[N+](C)(C)C)(C3)C2. The number of amides is 1. The summed E-state index contributed by atoms with van der Waals surface area (Å²) in [6.45, 7) is 5.45. The Morgan fingerprint density at radius 3 is 2.17 bits per heavy atom. The molecule has 0 radical (unpaired) electrons. The van der Waals surface area contributed by atoms with E-state index in [1.807, 2.05) is 21.1 Å². The first-order valence-electron chi connectivity index (χ1n) is 9.20. The fourth-order valence-electron chi connectivity index (χ4n) is 6.84. The summed E-state index contributed by atoms with van der Waals surface area (Å²) in [6, 6.07) is 0. The van der Waals surface area contributed by atoms with Crippen molar-refractivity contribution >= 4 is 5.91 Å². The van der Waals surface area contributed by atoms with Gasteiger partial charge < -0.3 is 14.9 Å². The van der Waals surface area contributed by atoms with E-state index in [9.17, 15) is 9.90 Å². The Bertz CT molecular complexity index is 478. The average Bonchev–Trinajstić information content (AvgIpc) is 2.17. The highest BCUT2D eigenvalue weighted by Crippen LogP contribution is 2.66. The van der Waals surface area contributed by atoms with Crippen LogP contribution in [0.2, 0.25) is 0 Å². The minimum atomic E-state index is -0.560. The number of quaternary nitrogens is 1. The van der Waals surface area contributed by atoms with Crippen molar-refractivity contribution in [3.8, 4) is 0 Å². The van der Waals surface area contributed by atoms with E-state index >= 15 is 0 Å². The van der Waals surface area contributed by atoms with Crippen molar-refractivity contribution in [3.63, 3.8) is 0 Å². The molecule has 4 nitrogen and oxygen atoms in total. The van der Waals surface area contributed by atoms with Gasteiger partial charge in [0.05, 0.1) is 27.6 Å². The van der Waals surface area contributed by atoms with Crippen LogP contribution < -0.4 is 5.32 Å². The third-order valence-electron chi connectivity index (χ3n) is 6.21. The first kappa shape index (κ1) is 17.2. The van der Waals surface area contributed by atoms with Crippen LogP contribution in [-0.4, -0.2) is 54.8 Å². The number of nitrogens with zero attached hydrogens (tertiary/aromatic N) is 1. The molecule has 0 saturated heterocycles. The number of hydrogen-bond donors (Lipinski definition) is 2. The van der Waals surface area contributed by atoms with Crippen LogP contribution >= 0.6 is 0 Å². The molecular weight excluding hydrogens is 288 g/mol. The number of rotatable bonds is 5. The molecule has 4 fully saturated rings. The molecule has 4 aliphatic rings. The smallest absolute Gasteiger partial charge is 0.223 e. The Kier molecular flexibility index (Phi) is 3.89. The molecule has 2 N–H and O–H groups in total. The molecule has 2 unspecified atom stereocenters. The second-order valence-electron chi connectivity index (χ2n) is 10.8. The Balaban J connectivity index is 1.64. The maximum absolute atomic E-state index is 12.6. The Labute approximate surface area is 141 Å². The number of nitrogens with one attached hydrogen (secondary N) is 1. The van der Waals surface area contributed by atoms with Crippen LogP contribution in [0, 0.1) is 16.7 Å². The third kappa shape index (κ3) is 3.74. The molecule has 1 amide bonds. The first-order chi connectivity index (χ1) is 10.4. The zero-order valence-corrected chi connectivity index (χ0v) is 15.6. The summed E-state index contributed by atoms with van der Waals surface area (Å²) in [6.07, 6.45) is 7.07. The molecule has 4 aliphatic carbocycles. The molecule has 0 aromatic heterocycles. The van der Waals surface area contributed by atoms with Crippen LogP contribution in [0.4, 0.5) is 0 Å². The molecule has 4 saturated carbocycles. The van der Waals surface area contributed by atoms with Crippen molar-refractivity contribution in [2.24, 2.45) is 16.7 Å². The molecule has 0 heterocycles. The highest BCUT2D eigenvalue weighted by molar-refractivity contribution is 5.77. The predicted octanol–water partition coefficient (Wildman–Crippen LogP) is 2.31. The van der Waals surface area contributed by atoms with E-state index < -0.39 is 6.10 Å². The maximum Gasteiger partial charge on any atom is 0.223 e. The van der Waals surface area contributed by atoms with Gasteiger partial charge >= 0.3 is 0 Å². The number of aliphatic hydroxyl groups is 1. The van der Waals surface area contributed by atoms with Crippen molar-refractivity contribution in [3.05, 3.63) is 0 Å². The van der Waals surface area contributed by atoms with Gasteiger partial charge in [0, 0.05) is 5.54 Å². The molecule has 0 aliphatic heterocycles. The first-order valence-corrected chi connectivity index (χ1v) is 9.20. The molecular formula is C19H35N2O2+. The monoisotopic (exact) mass is 323 g/mol. The summed E-state index contributed by atoms with van der Waals surface area (Å²) in [5.41, 5.74) is 0.807. The summed E-state index contributed by atoms with van der Waals surface area (Å²) >= 11 is 0. The van der Waals surface area contributed by atoms with Gasteiger partial charge in [-0.05, 0) is 55.3 Å². The molecule has 0 spiro atoms. The lowest BCUT2D eigenvalue weighted by Crippen LogP contribution is -2.65. The summed E-state index contributed by atoms with van der Waals surface area (Å²) in [5.74, 6) is 0.817. The molecule has 0 aromatic rings. The normalized spacial score (nSPS) is 43.5. The fraction of sp³-hybridized carbons (Fsp3) is 0.947. The number of aliphatic hydroxyl groups excluding tert-OH is 1. The maximum atomic E-state index is 12.6. The minimum Gasteiger partial charge on any atom is -0.387 e. The van der Waals surface area contributed by atoms with Gasteiger partial charge in [0.15, 0.2) is 0 Å². The van der Waals surface area contributed by atoms with E-state index in [0.29, 0.717) is 21.9 Å². The van der Waals surface area contributed by atoms with Gasteiger partial charge in [0.2, 0.25) is 5.91 Å². The van der Waals surface area contributed by atoms with E-state index in [-0.39, 0.29) is 17.9 Å². The zero-order chi connectivity index (χ0) is 17.1. The number of carbonyl (C=O) groups is 1. The van der Waals surface area contributed by atoms with Crippen LogP contribution in [0.1, 0.15) is 58.8 Å². The summed E-state index contributed by atoms with van der Waals surface area (Å²) in [7, 11) is 6.13. The standard InChI is InChI=1S/C19H34N2O2/c1-17-7-14-8-18(2,11-17)13-19(9-14,12-17)20-16(23)6-15(22)10-21(3,4)5/h14-15,22H,6-13H2,1-5H3/p+1/t14?,15-,17?,18?,19?/m1/s1. The van der Waals surface area contributed by atoms with Crippen molar-refractivity contribution < 1.29 is 14.4 Å². The number of hydrogen-bond acceptors (Lipinski definition) is 2.